The van der Waals surface area contributed by atoms with Crippen molar-refractivity contribution in [3.63, 3.8) is 0 Å². The number of halogens is 1. The third kappa shape index (κ3) is 2.47. The zero-order valence-corrected chi connectivity index (χ0v) is 12.8. The number of hydrogen-bond donors (Lipinski definition) is 1. The van der Waals surface area contributed by atoms with E-state index in [1.54, 1.807) is 18.5 Å². The lowest BCUT2D eigenvalue weighted by molar-refractivity contribution is 0.0949. The van der Waals surface area contributed by atoms with Crippen LogP contribution < -0.4 is 5.32 Å². The second-order valence-corrected chi connectivity index (χ2v) is 5.84. The highest BCUT2D eigenvalue weighted by molar-refractivity contribution is 9.10. The number of amides is 1. The summed E-state index contributed by atoms with van der Waals surface area (Å²) in [7, 11) is 1.93. The van der Waals surface area contributed by atoms with E-state index in [0.29, 0.717) is 12.1 Å². The molecule has 0 bridgehead atoms. The van der Waals surface area contributed by atoms with Gasteiger partial charge in [0.05, 0.1) is 23.5 Å². The van der Waals surface area contributed by atoms with Crippen LogP contribution in [0.25, 0.3) is 0 Å². The smallest absolute Gasteiger partial charge is 0.253 e. The molecular formula is C14H15BrN4O. The van der Waals surface area contributed by atoms with Crippen molar-refractivity contribution in [3.8, 4) is 0 Å². The Balaban J connectivity index is 1.72. The number of pyridine rings is 1. The molecule has 1 aliphatic rings. The molecule has 3 rings (SSSR count). The quantitative estimate of drug-likeness (QED) is 0.933. The minimum Gasteiger partial charge on any atom is -0.346 e. The first-order valence-electron chi connectivity index (χ1n) is 6.57. The van der Waals surface area contributed by atoms with Crippen molar-refractivity contribution in [2.45, 2.75) is 25.8 Å². The summed E-state index contributed by atoms with van der Waals surface area (Å²) < 4.78 is 2.68. The highest BCUT2D eigenvalue weighted by atomic mass is 79.9. The molecule has 0 spiro atoms. The molecule has 20 heavy (non-hydrogen) atoms. The van der Waals surface area contributed by atoms with Crippen molar-refractivity contribution in [3.05, 3.63) is 45.4 Å². The van der Waals surface area contributed by atoms with Gasteiger partial charge in [-0.3, -0.25) is 14.5 Å². The van der Waals surface area contributed by atoms with E-state index >= 15 is 0 Å². The van der Waals surface area contributed by atoms with Crippen molar-refractivity contribution >= 4 is 21.8 Å². The van der Waals surface area contributed by atoms with Crippen LogP contribution in [-0.2, 0) is 26.4 Å². The Morgan fingerprint density at radius 3 is 3.10 bits per heavy atom. The summed E-state index contributed by atoms with van der Waals surface area (Å²) in [4.78, 5) is 16.1. The second kappa shape index (κ2) is 5.36. The molecule has 2 aromatic rings. The molecule has 0 aliphatic heterocycles. The van der Waals surface area contributed by atoms with E-state index in [-0.39, 0.29) is 5.91 Å². The number of carbonyl (C=O) groups excluding carboxylic acids is 1. The van der Waals surface area contributed by atoms with Gasteiger partial charge in [0.25, 0.3) is 5.91 Å². The van der Waals surface area contributed by atoms with Crippen molar-refractivity contribution in [2.24, 2.45) is 7.05 Å². The fraction of sp³-hybridized carbons (Fsp3) is 0.357. The summed E-state index contributed by atoms with van der Waals surface area (Å²) in [6.07, 6.45) is 6.49. The van der Waals surface area contributed by atoms with Gasteiger partial charge in [-0.1, -0.05) is 0 Å². The maximum absolute atomic E-state index is 12.1. The number of aromatic nitrogens is 3. The summed E-state index contributed by atoms with van der Waals surface area (Å²) in [5.41, 5.74) is 4.15. The van der Waals surface area contributed by atoms with Crippen molar-refractivity contribution < 1.29 is 4.79 Å². The van der Waals surface area contributed by atoms with Crippen molar-refractivity contribution in [2.75, 3.05) is 0 Å². The average Bonchev–Trinajstić information content (AvgIpc) is 2.97. The van der Waals surface area contributed by atoms with Crippen LogP contribution in [0, 0.1) is 0 Å². The topological polar surface area (TPSA) is 59.8 Å². The molecule has 0 fully saturated rings. The lowest BCUT2D eigenvalue weighted by Gasteiger charge is -2.07. The van der Waals surface area contributed by atoms with Crippen LogP contribution in [0.5, 0.6) is 0 Å². The Morgan fingerprint density at radius 1 is 1.45 bits per heavy atom. The molecule has 0 aromatic carbocycles. The summed E-state index contributed by atoms with van der Waals surface area (Å²) in [5.74, 6) is -0.119. The first-order chi connectivity index (χ1) is 9.65. The number of nitrogens with one attached hydrogen (secondary N) is 1. The molecule has 0 saturated heterocycles. The monoisotopic (exact) mass is 334 g/mol. The molecule has 2 heterocycles. The number of carbonyl (C=O) groups is 1. The van der Waals surface area contributed by atoms with Gasteiger partial charge in [-0.25, -0.2) is 0 Å². The molecule has 6 heteroatoms. The Kier molecular flexibility index (Phi) is 3.56. The Labute approximate surface area is 125 Å². The molecule has 1 aliphatic carbocycles. The lowest BCUT2D eigenvalue weighted by atomic mass is 10.2. The van der Waals surface area contributed by atoms with Gasteiger partial charge in [-0.15, -0.1) is 0 Å². The van der Waals surface area contributed by atoms with Crippen LogP contribution >= 0.6 is 15.9 Å². The van der Waals surface area contributed by atoms with Crippen LogP contribution in [0.2, 0.25) is 0 Å². The van der Waals surface area contributed by atoms with Gasteiger partial charge in [0.2, 0.25) is 0 Å². The molecule has 0 saturated carbocycles. The number of nitrogens with zero attached hydrogens (tertiary/aromatic N) is 3. The fourth-order valence-electron chi connectivity index (χ4n) is 2.61. The predicted octanol–water partition coefficient (Wildman–Crippen LogP) is 2.00. The molecule has 1 amide bonds. The van der Waals surface area contributed by atoms with E-state index in [1.165, 1.54) is 11.3 Å². The van der Waals surface area contributed by atoms with E-state index in [9.17, 15) is 4.79 Å². The van der Waals surface area contributed by atoms with Gasteiger partial charge in [0.1, 0.15) is 0 Å². The summed E-state index contributed by atoms with van der Waals surface area (Å²) in [6, 6.07) is 1.76. The first-order valence-corrected chi connectivity index (χ1v) is 7.37. The minimum absolute atomic E-state index is 0.119. The van der Waals surface area contributed by atoms with E-state index in [2.05, 4.69) is 31.3 Å². The largest absolute Gasteiger partial charge is 0.346 e. The normalized spacial score (nSPS) is 13.3. The Morgan fingerprint density at radius 2 is 2.30 bits per heavy atom. The highest BCUT2D eigenvalue weighted by Crippen LogP contribution is 2.24. The van der Waals surface area contributed by atoms with Gasteiger partial charge >= 0.3 is 0 Å². The van der Waals surface area contributed by atoms with Crippen LogP contribution in [0.4, 0.5) is 0 Å². The molecule has 104 valence electrons. The van der Waals surface area contributed by atoms with Crippen LogP contribution in [0.1, 0.15) is 33.7 Å². The van der Waals surface area contributed by atoms with E-state index in [4.69, 9.17) is 0 Å². The maximum atomic E-state index is 12.1. The number of aryl methyl sites for hydroxylation is 2. The molecular weight excluding hydrogens is 320 g/mol. The Hall–Kier alpha value is -1.69. The summed E-state index contributed by atoms with van der Waals surface area (Å²) in [5, 5.41) is 7.44. The fourth-order valence-corrected chi connectivity index (χ4v) is 2.97. The van der Waals surface area contributed by atoms with Crippen molar-refractivity contribution in [1.82, 2.24) is 20.1 Å². The number of hydrogen-bond acceptors (Lipinski definition) is 3. The number of rotatable bonds is 3. The van der Waals surface area contributed by atoms with Crippen LogP contribution in [-0.4, -0.2) is 20.7 Å². The van der Waals surface area contributed by atoms with Crippen LogP contribution in [0.3, 0.4) is 0 Å². The average molecular weight is 335 g/mol. The van der Waals surface area contributed by atoms with Gasteiger partial charge in [0, 0.05) is 23.9 Å². The van der Waals surface area contributed by atoms with E-state index in [0.717, 1.165) is 29.4 Å². The molecule has 2 aromatic heterocycles. The van der Waals surface area contributed by atoms with Gasteiger partial charge in [-0.2, -0.15) is 5.10 Å². The van der Waals surface area contributed by atoms with Gasteiger partial charge < -0.3 is 5.32 Å². The zero-order chi connectivity index (χ0) is 14.1. The standard InChI is InChI=1S/C14H15BrN4O/c1-19-13(11-3-2-4-12(11)18-19)8-17-14(20)9-5-10(15)7-16-6-9/h5-7H,2-4,8H2,1H3,(H,17,20). The van der Waals surface area contributed by atoms with Crippen LogP contribution in [0.15, 0.2) is 22.9 Å². The van der Waals surface area contributed by atoms with Gasteiger partial charge in [0.15, 0.2) is 0 Å². The lowest BCUT2D eigenvalue weighted by Crippen LogP contribution is -2.24. The van der Waals surface area contributed by atoms with E-state index in [1.807, 2.05) is 11.7 Å². The van der Waals surface area contributed by atoms with Gasteiger partial charge in [-0.05, 0) is 46.8 Å². The predicted molar refractivity (Wildman–Crippen MR) is 78.3 cm³/mol. The molecule has 0 unspecified atom stereocenters. The Bertz CT molecular complexity index is 665. The summed E-state index contributed by atoms with van der Waals surface area (Å²) in [6.45, 7) is 0.504. The minimum atomic E-state index is -0.119. The number of fused-ring (bicyclic) bond motifs is 1. The molecule has 0 radical (unpaired) electrons. The summed E-state index contributed by atoms with van der Waals surface area (Å²) >= 11 is 3.32. The van der Waals surface area contributed by atoms with E-state index < -0.39 is 0 Å². The third-order valence-electron chi connectivity index (χ3n) is 3.58. The molecule has 0 atom stereocenters. The zero-order valence-electron chi connectivity index (χ0n) is 11.2. The maximum Gasteiger partial charge on any atom is 0.253 e. The first kappa shape index (κ1) is 13.3. The second-order valence-electron chi connectivity index (χ2n) is 4.92. The van der Waals surface area contributed by atoms with Crippen molar-refractivity contribution in [1.29, 1.82) is 0 Å². The highest BCUT2D eigenvalue weighted by Gasteiger charge is 2.21. The molecule has 1 N–H and O–H groups in total. The SMILES string of the molecule is Cn1nc2c(c1CNC(=O)c1cncc(Br)c1)CCC2. The molecule has 5 nitrogen and oxygen atoms in total. The third-order valence-corrected chi connectivity index (χ3v) is 4.02.